The minimum absolute atomic E-state index is 0.0137. The number of halogens is 1. The zero-order valence-electron chi connectivity index (χ0n) is 11.4. The van der Waals surface area contributed by atoms with Gasteiger partial charge < -0.3 is 5.32 Å². The van der Waals surface area contributed by atoms with Crippen molar-refractivity contribution in [2.45, 2.75) is 6.42 Å². The Morgan fingerprint density at radius 3 is 2.50 bits per heavy atom. The molecule has 1 saturated heterocycles. The minimum Gasteiger partial charge on any atom is -0.352 e. The summed E-state index contributed by atoms with van der Waals surface area (Å²) in [5.41, 5.74) is 2.76. The van der Waals surface area contributed by atoms with E-state index in [4.69, 9.17) is 0 Å². The normalized spacial score (nSPS) is 13.8. The van der Waals surface area contributed by atoms with Gasteiger partial charge in [0.25, 0.3) is 5.91 Å². The molecule has 0 bridgehead atoms. The quantitative estimate of drug-likeness (QED) is 0.643. The highest BCUT2D eigenvalue weighted by atomic mass is 79.9. The van der Waals surface area contributed by atoms with Crippen LogP contribution in [0.25, 0.3) is 0 Å². The highest BCUT2D eigenvalue weighted by molar-refractivity contribution is 9.10. The first-order chi connectivity index (χ1) is 10.5. The van der Waals surface area contributed by atoms with Crippen molar-refractivity contribution >= 4 is 39.7 Å². The number of benzene rings is 1. The Morgan fingerprint density at radius 2 is 1.91 bits per heavy atom. The third-order valence-corrected chi connectivity index (χ3v) is 3.33. The average Bonchev–Trinajstić information content (AvgIpc) is 2.77. The molecule has 22 heavy (non-hydrogen) atoms. The number of urea groups is 1. The minimum atomic E-state index is -0.669. The Morgan fingerprint density at radius 1 is 1.23 bits per heavy atom. The van der Waals surface area contributed by atoms with Crippen LogP contribution in [-0.4, -0.2) is 41.9 Å². The van der Waals surface area contributed by atoms with Crippen LogP contribution in [0, 0.1) is 0 Å². The molecule has 1 fully saturated rings. The number of hydrazine groups is 1. The maximum atomic E-state index is 11.8. The van der Waals surface area contributed by atoms with Gasteiger partial charge in [0, 0.05) is 23.0 Å². The van der Waals surface area contributed by atoms with Gasteiger partial charge in [-0.1, -0.05) is 15.9 Å². The first-order valence-electron chi connectivity index (χ1n) is 6.40. The Kier molecular flexibility index (Phi) is 5.10. The summed E-state index contributed by atoms with van der Waals surface area (Å²) in [5, 5.41) is 5.52. The van der Waals surface area contributed by atoms with Crippen LogP contribution in [0.2, 0.25) is 0 Å². The molecule has 0 unspecified atom stereocenters. The summed E-state index contributed by atoms with van der Waals surface area (Å²) < 4.78 is 0.863. The topological polar surface area (TPSA) is 108 Å². The van der Waals surface area contributed by atoms with Gasteiger partial charge in [0.15, 0.2) is 0 Å². The van der Waals surface area contributed by atoms with Gasteiger partial charge in [-0.15, -0.1) is 0 Å². The summed E-state index contributed by atoms with van der Waals surface area (Å²) in [5.74, 6) is -1.25. The number of carbonyl (C=O) groups is 4. The van der Waals surface area contributed by atoms with Crippen molar-refractivity contribution in [2.24, 2.45) is 0 Å². The highest BCUT2D eigenvalue weighted by Crippen LogP contribution is 2.10. The lowest BCUT2D eigenvalue weighted by Crippen LogP contribution is -2.45. The highest BCUT2D eigenvalue weighted by Gasteiger charge is 2.27. The largest absolute Gasteiger partial charge is 0.352 e. The first kappa shape index (κ1) is 16.0. The van der Waals surface area contributed by atoms with Crippen LogP contribution in [0.3, 0.4) is 0 Å². The van der Waals surface area contributed by atoms with Gasteiger partial charge in [-0.05, 0) is 24.3 Å². The second-order valence-electron chi connectivity index (χ2n) is 4.49. The van der Waals surface area contributed by atoms with Gasteiger partial charge in [-0.3, -0.25) is 25.1 Å². The van der Waals surface area contributed by atoms with Crippen molar-refractivity contribution in [3.63, 3.8) is 0 Å². The summed E-state index contributed by atoms with van der Waals surface area (Å²) in [4.78, 5) is 45.6. The van der Waals surface area contributed by atoms with Crippen molar-refractivity contribution in [1.82, 2.24) is 21.1 Å². The first-order valence-corrected chi connectivity index (χ1v) is 7.19. The van der Waals surface area contributed by atoms with Gasteiger partial charge in [0.2, 0.25) is 11.8 Å². The molecule has 2 rings (SSSR count). The number of amides is 5. The van der Waals surface area contributed by atoms with E-state index in [1.807, 2.05) is 5.32 Å². The molecule has 0 radical (unpaired) electrons. The fraction of sp³-hybridized carbons (Fsp3) is 0.231. The average molecular weight is 369 g/mol. The van der Waals surface area contributed by atoms with E-state index in [1.165, 1.54) is 0 Å². The van der Waals surface area contributed by atoms with Crippen LogP contribution in [-0.2, 0) is 9.59 Å². The Bertz CT molecular complexity index is 617. The lowest BCUT2D eigenvalue weighted by Gasteiger charge is -2.14. The maximum absolute atomic E-state index is 11.8. The van der Waals surface area contributed by atoms with Gasteiger partial charge in [-0.2, -0.15) is 0 Å². The van der Waals surface area contributed by atoms with Crippen LogP contribution < -0.4 is 16.1 Å². The Balaban J connectivity index is 1.73. The predicted octanol–water partition coefficient (Wildman–Crippen LogP) is 0.152. The fourth-order valence-corrected chi connectivity index (χ4v) is 2.00. The number of carbonyl (C=O) groups excluding carboxylic acids is 4. The zero-order chi connectivity index (χ0) is 16.1. The molecule has 0 aliphatic carbocycles. The van der Waals surface area contributed by atoms with E-state index in [0.717, 1.165) is 9.48 Å². The number of rotatable bonds is 5. The van der Waals surface area contributed by atoms with Crippen LogP contribution in [0.5, 0.6) is 0 Å². The van der Waals surface area contributed by atoms with E-state index in [1.54, 1.807) is 24.3 Å². The molecule has 1 heterocycles. The molecule has 0 spiro atoms. The van der Waals surface area contributed by atoms with Crippen LogP contribution in [0.15, 0.2) is 28.7 Å². The van der Waals surface area contributed by atoms with Gasteiger partial charge in [-0.25, -0.2) is 9.80 Å². The summed E-state index contributed by atoms with van der Waals surface area (Å²) in [7, 11) is 0. The second-order valence-corrected chi connectivity index (χ2v) is 5.40. The molecular formula is C13H13BrN4O4. The summed E-state index contributed by atoms with van der Waals surface area (Å²) >= 11 is 3.27. The summed E-state index contributed by atoms with van der Waals surface area (Å²) in [6.07, 6.45) is -0.0137. The number of nitrogens with zero attached hydrogens (tertiary/aromatic N) is 1. The molecule has 0 aromatic heterocycles. The van der Waals surface area contributed by atoms with Crippen molar-refractivity contribution in [3.8, 4) is 0 Å². The molecular weight excluding hydrogens is 356 g/mol. The third kappa shape index (κ3) is 4.29. The zero-order valence-corrected chi connectivity index (χ0v) is 13.0. The standard InChI is InChI=1S/C13H13BrN4O4/c14-9-3-1-8(2-4-9)12(21)15-6-5-10(19)17-18-7-11(20)16-13(18)22/h1-4H,5-7H2,(H,15,21)(H,17,19)(H,16,20,22). The van der Waals surface area contributed by atoms with E-state index in [0.29, 0.717) is 5.56 Å². The fourth-order valence-electron chi connectivity index (χ4n) is 1.73. The van der Waals surface area contributed by atoms with Crippen LogP contribution >= 0.6 is 15.9 Å². The second kappa shape index (κ2) is 7.03. The van der Waals surface area contributed by atoms with Gasteiger partial charge in [0.05, 0.1) is 0 Å². The van der Waals surface area contributed by atoms with Crippen molar-refractivity contribution in [3.05, 3.63) is 34.3 Å². The molecule has 0 atom stereocenters. The van der Waals surface area contributed by atoms with Crippen molar-refractivity contribution < 1.29 is 19.2 Å². The number of hydrogen-bond donors (Lipinski definition) is 3. The molecule has 1 aliphatic rings. The molecule has 116 valence electrons. The molecule has 9 heteroatoms. The summed E-state index contributed by atoms with van der Waals surface area (Å²) in [6.45, 7) is -0.0973. The molecule has 0 saturated carbocycles. The molecule has 5 amide bonds. The predicted molar refractivity (Wildman–Crippen MR) is 79.5 cm³/mol. The smallest absolute Gasteiger partial charge is 0.343 e. The third-order valence-electron chi connectivity index (χ3n) is 2.80. The number of hydrogen-bond acceptors (Lipinski definition) is 4. The van der Waals surface area contributed by atoms with E-state index >= 15 is 0 Å². The van der Waals surface area contributed by atoms with E-state index < -0.39 is 17.8 Å². The molecule has 1 aromatic rings. The monoisotopic (exact) mass is 368 g/mol. The molecule has 1 aliphatic heterocycles. The number of imide groups is 1. The van der Waals surface area contributed by atoms with Gasteiger partial charge in [0.1, 0.15) is 6.54 Å². The summed E-state index contributed by atoms with van der Waals surface area (Å²) in [6, 6.07) is 6.12. The van der Waals surface area contributed by atoms with Crippen LogP contribution in [0.1, 0.15) is 16.8 Å². The number of nitrogens with one attached hydrogen (secondary N) is 3. The molecule has 8 nitrogen and oxygen atoms in total. The van der Waals surface area contributed by atoms with Crippen LogP contribution in [0.4, 0.5) is 4.79 Å². The Labute approximate surface area is 134 Å². The lowest BCUT2D eigenvalue weighted by atomic mass is 10.2. The lowest BCUT2D eigenvalue weighted by molar-refractivity contribution is -0.125. The van der Waals surface area contributed by atoms with Crippen molar-refractivity contribution in [2.75, 3.05) is 13.1 Å². The van der Waals surface area contributed by atoms with E-state index in [2.05, 4.69) is 26.7 Å². The molecule has 1 aromatic carbocycles. The SMILES string of the molecule is O=C1CN(NC(=O)CCNC(=O)c2ccc(Br)cc2)C(=O)N1. The van der Waals surface area contributed by atoms with Crippen molar-refractivity contribution in [1.29, 1.82) is 0 Å². The maximum Gasteiger partial charge on any atom is 0.343 e. The van der Waals surface area contributed by atoms with E-state index in [9.17, 15) is 19.2 Å². The Hall–Kier alpha value is -2.42. The molecule has 3 N–H and O–H groups in total. The van der Waals surface area contributed by atoms with E-state index in [-0.39, 0.29) is 25.4 Å². The van der Waals surface area contributed by atoms with Gasteiger partial charge >= 0.3 is 6.03 Å².